The van der Waals surface area contributed by atoms with Crippen molar-refractivity contribution in [2.75, 3.05) is 13.6 Å². The van der Waals surface area contributed by atoms with E-state index in [9.17, 15) is 0 Å². The Kier molecular flexibility index (Phi) is 5.25. The molecule has 0 aromatic heterocycles. The fourth-order valence-corrected chi connectivity index (χ4v) is 2.04. The molecule has 1 aromatic rings. The monoisotopic (exact) mass is 273 g/mol. The number of benzene rings is 1. The van der Waals surface area contributed by atoms with Gasteiger partial charge >= 0.3 is 0 Å². The highest BCUT2D eigenvalue weighted by Gasteiger charge is 2.10. The van der Waals surface area contributed by atoms with Crippen molar-refractivity contribution in [3.63, 3.8) is 0 Å². The minimum atomic E-state index is 0.0473. The van der Waals surface area contributed by atoms with E-state index in [-0.39, 0.29) is 11.8 Å². The molecule has 5 heteroatoms. The van der Waals surface area contributed by atoms with E-state index in [4.69, 9.17) is 34.3 Å². The number of nitrogens with one attached hydrogen (secondary N) is 1. The van der Waals surface area contributed by atoms with Gasteiger partial charge in [0, 0.05) is 29.1 Å². The molecule has 1 atom stereocenters. The summed E-state index contributed by atoms with van der Waals surface area (Å²) in [4.78, 5) is 2.08. The van der Waals surface area contributed by atoms with Crippen LogP contribution in [0.1, 0.15) is 12.5 Å². The zero-order valence-corrected chi connectivity index (χ0v) is 11.5. The highest BCUT2D eigenvalue weighted by atomic mass is 35.5. The smallest absolute Gasteiger partial charge is 0.0947 e. The first-order valence-corrected chi connectivity index (χ1v) is 6.12. The van der Waals surface area contributed by atoms with Crippen molar-refractivity contribution in [3.05, 3.63) is 33.8 Å². The van der Waals surface area contributed by atoms with Crippen molar-refractivity contribution in [3.8, 4) is 0 Å². The fourth-order valence-electron chi connectivity index (χ4n) is 1.57. The zero-order chi connectivity index (χ0) is 13.0. The van der Waals surface area contributed by atoms with Gasteiger partial charge in [0.15, 0.2) is 0 Å². The van der Waals surface area contributed by atoms with E-state index >= 15 is 0 Å². The van der Waals surface area contributed by atoms with Gasteiger partial charge in [-0.2, -0.15) is 0 Å². The molecule has 94 valence electrons. The predicted octanol–water partition coefficient (Wildman–Crippen LogP) is 3.00. The standard InChI is InChI=1S/C12H17Cl2N3/c1-8(12(15)16)6-17(2)7-9-3-4-10(13)5-11(9)14/h3-5,8H,6-7H2,1-2H3,(H3,15,16). The zero-order valence-electron chi connectivity index (χ0n) is 10.0. The lowest BCUT2D eigenvalue weighted by Gasteiger charge is -2.21. The average molecular weight is 274 g/mol. The molecule has 0 aliphatic rings. The van der Waals surface area contributed by atoms with Gasteiger partial charge in [-0.05, 0) is 24.7 Å². The normalized spacial score (nSPS) is 12.8. The van der Waals surface area contributed by atoms with Crippen LogP contribution in [0.25, 0.3) is 0 Å². The third-order valence-corrected chi connectivity index (χ3v) is 3.16. The summed E-state index contributed by atoms with van der Waals surface area (Å²) in [7, 11) is 1.98. The Morgan fingerprint density at radius 3 is 2.65 bits per heavy atom. The molecule has 0 spiro atoms. The fraction of sp³-hybridized carbons (Fsp3) is 0.417. The Bertz CT molecular complexity index is 407. The Morgan fingerprint density at radius 2 is 2.12 bits per heavy atom. The summed E-state index contributed by atoms with van der Waals surface area (Å²) >= 11 is 11.9. The summed E-state index contributed by atoms with van der Waals surface area (Å²) in [6.07, 6.45) is 0. The first-order valence-electron chi connectivity index (χ1n) is 5.36. The summed E-state index contributed by atoms with van der Waals surface area (Å²) in [5.74, 6) is 0.255. The second-order valence-electron chi connectivity index (χ2n) is 4.29. The Morgan fingerprint density at radius 1 is 1.47 bits per heavy atom. The first-order chi connectivity index (χ1) is 7.90. The van der Waals surface area contributed by atoms with Gasteiger partial charge in [0.25, 0.3) is 0 Å². The van der Waals surface area contributed by atoms with Gasteiger partial charge in [-0.1, -0.05) is 36.2 Å². The van der Waals surface area contributed by atoms with Crippen LogP contribution in [-0.2, 0) is 6.54 Å². The van der Waals surface area contributed by atoms with Crippen LogP contribution in [0.4, 0.5) is 0 Å². The summed E-state index contributed by atoms with van der Waals surface area (Å²) in [6, 6.07) is 5.48. The topological polar surface area (TPSA) is 53.1 Å². The maximum absolute atomic E-state index is 7.35. The SMILES string of the molecule is CC(CN(C)Cc1ccc(Cl)cc1Cl)C(=N)N. The van der Waals surface area contributed by atoms with Gasteiger partial charge in [0.2, 0.25) is 0 Å². The lowest BCUT2D eigenvalue weighted by Crippen LogP contribution is -2.31. The molecule has 3 nitrogen and oxygen atoms in total. The molecule has 0 bridgehead atoms. The average Bonchev–Trinajstić information content (AvgIpc) is 2.22. The molecule has 1 aromatic carbocycles. The highest BCUT2D eigenvalue weighted by Crippen LogP contribution is 2.22. The minimum Gasteiger partial charge on any atom is -0.387 e. The summed E-state index contributed by atoms with van der Waals surface area (Å²) in [5.41, 5.74) is 6.46. The van der Waals surface area contributed by atoms with Crippen molar-refractivity contribution >= 4 is 29.0 Å². The molecular formula is C12H17Cl2N3. The van der Waals surface area contributed by atoms with Crippen molar-refractivity contribution in [1.82, 2.24) is 4.90 Å². The maximum atomic E-state index is 7.35. The van der Waals surface area contributed by atoms with Crippen LogP contribution in [0.3, 0.4) is 0 Å². The molecule has 0 aliphatic carbocycles. The van der Waals surface area contributed by atoms with Crippen LogP contribution >= 0.6 is 23.2 Å². The van der Waals surface area contributed by atoms with Crippen molar-refractivity contribution < 1.29 is 0 Å². The maximum Gasteiger partial charge on any atom is 0.0947 e. The Balaban J connectivity index is 2.62. The number of hydrogen-bond donors (Lipinski definition) is 2. The van der Waals surface area contributed by atoms with Gasteiger partial charge < -0.3 is 10.6 Å². The molecule has 0 heterocycles. The Labute approximate surface area is 112 Å². The number of nitrogens with zero attached hydrogens (tertiary/aromatic N) is 1. The van der Waals surface area contributed by atoms with Crippen molar-refractivity contribution in [2.45, 2.75) is 13.5 Å². The van der Waals surface area contributed by atoms with E-state index in [0.717, 1.165) is 12.1 Å². The second-order valence-corrected chi connectivity index (χ2v) is 5.13. The van der Waals surface area contributed by atoms with Crippen LogP contribution in [0.15, 0.2) is 18.2 Å². The van der Waals surface area contributed by atoms with Crippen LogP contribution in [0.5, 0.6) is 0 Å². The van der Waals surface area contributed by atoms with Gasteiger partial charge in [0.1, 0.15) is 0 Å². The van der Waals surface area contributed by atoms with Gasteiger partial charge in [0.05, 0.1) is 5.84 Å². The molecule has 0 fully saturated rings. The largest absolute Gasteiger partial charge is 0.387 e. The van der Waals surface area contributed by atoms with Crippen LogP contribution < -0.4 is 5.73 Å². The summed E-state index contributed by atoms with van der Waals surface area (Å²) < 4.78 is 0. The molecule has 0 aliphatic heterocycles. The Hall–Kier alpha value is -0.770. The van der Waals surface area contributed by atoms with Crippen LogP contribution in [0.2, 0.25) is 10.0 Å². The molecule has 0 saturated carbocycles. The number of nitrogens with two attached hydrogens (primary N) is 1. The van der Waals surface area contributed by atoms with Crippen molar-refractivity contribution in [1.29, 1.82) is 5.41 Å². The van der Waals surface area contributed by atoms with Crippen LogP contribution in [-0.4, -0.2) is 24.3 Å². The van der Waals surface area contributed by atoms with Gasteiger partial charge in [-0.25, -0.2) is 0 Å². The van der Waals surface area contributed by atoms with Gasteiger partial charge in [-0.3, -0.25) is 5.41 Å². The van der Waals surface area contributed by atoms with E-state index < -0.39 is 0 Å². The number of rotatable bonds is 5. The van der Waals surface area contributed by atoms with E-state index in [2.05, 4.69) is 4.90 Å². The summed E-state index contributed by atoms with van der Waals surface area (Å²) in [6.45, 7) is 3.38. The molecule has 17 heavy (non-hydrogen) atoms. The predicted molar refractivity (Wildman–Crippen MR) is 73.9 cm³/mol. The highest BCUT2D eigenvalue weighted by molar-refractivity contribution is 6.35. The second kappa shape index (κ2) is 6.24. The lowest BCUT2D eigenvalue weighted by atomic mass is 10.1. The van der Waals surface area contributed by atoms with Gasteiger partial charge in [-0.15, -0.1) is 0 Å². The number of hydrogen-bond acceptors (Lipinski definition) is 2. The minimum absolute atomic E-state index is 0.0473. The van der Waals surface area contributed by atoms with E-state index in [0.29, 0.717) is 16.6 Å². The van der Waals surface area contributed by atoms with Crippen molar-refractivity contribution in [2.24, 2.45) is 11.7 Å². The summed E-state index contributed by atoms with van der Waals surface area (Å²) in [5, 5.41) is 8.66. The third kappa shape index (κ3) is 4.54. The quantitative estimate of drug-likeness (QED) is 0.640. The van der Waals surface area contributed by atoms with Crippen LogP contribution in [0, 0.1) is 11.3 Å². The molecule has 1 unspecified atom stereocenters. The molecule has 0 radical (unpaired) electrons. The van der Waals surface area contributed by atoms with E-state index in [1.54, 1.807) is 6.07 Å². The molecule has 1 rings (SSSR count). The third-order valence-electron chi connectivity index (χ3n) is 2.57. The van der Waals surface area contributed by atoms with E-state index in [1.165, 1.54) is 0 Å². The molecule has 3 N–H and O–H groups in total. The molecule has 0 amide bonds. The van der Waals surface area contributed by atoms with E-state index in [1.807, 2.05) is 26.1 Å². The molecular weight excluding hydrogens is 257 g/mol. The number of amidine groups is 1. The lowest BCUT2D eigenvalue weighted by molar-refractivity contribution is 0.306. The molecule has 0 saturated heterocycles. The first kappa shape index (κ1) is 14.3. The number of halogens is 2.